The van der Waals surface area contributed by atoms with Crippen molar-refractivity contribution in [3.63, 3.8) is 0 Å². The molecular weight excluding hydrogens is 344 g/mol. The van der Waals surface area contributed by atoms with E-state index in [1.807, 2.05) is 32.9 Å². The van der Waals surface area contributed by atoms with Crippen molar-refractivity contribution < 1.29 is 14.3 Å². The summed E-state index contributed by atoms with van der Waals surface area (Å²) in [6.07, 6.45) is 4.44. The molecule has 0 saturated carbocycles. The SMILES string of the molecule is CC[C@@]1(c2cnn(C)c2)NC(=O)N(CCCOc2cc(C)cc(C)c2)C1=O. The Hall–Kier alpha value is -2.83. The molecule has 1 N–H and O–H groups in total. The number of amides is 3. The first kappa shape index (κ1) is 18.9. The molecule has 2 aromatic rings. The molecule has 0 spiro atoms. The Kier molecular flexibility index (Phi) is 5.21. The molecule has 144 valence electrons. The molecule has 1 aliphatic heterocycles. The van der Waals surface area contributed by atoms with E-state index in [-0.39, 0.29) is 11.9 Å². The molecule has 27 heavy (non-hydrogen) atoms. The second-order valence-electron chi connectivity index (χ2n) is 7.07. The van der Waals surface area contributed by atoms with E-state index in [1.54, 1.807) is 24.1 Å². The average Bonchev–Trinajstić information content (AvgIpc) is 3.14. The van der Waals surface area contributed by atoms with Crippen LogP contribution in [-0.4, -0.2) is 39.8 Å². The normalized spacial score (nSPS) is 19.5. The largest absolute Gasteiger partial charge is 0.494 e. The van der Waals surface area contributed by atoms with Crippen LogP contribution in [0.4, 0.5) is 4.79 Å². The maximum Gasteiger partial charge on any atom is 0.325 e. The summed E-state index contributed by atoms with van der Waals surface area (Å²) in [5.74, 6) is 0.581. The molecule has 0 aliphatic carbocycles. The van der Waals surface area contributed by atoms with Crippen molar-refractivity contribution in [2.24, 2.45) is 7.05 Å². The summed E-state index contributed by atoms with van der Waals surface area (Å²) in [5, 5.41) is 7.00. The highest BCUT2D eigenvalue weighted by Crippen LogP contribution is 2.32. The number of carbonyl (C=O) groups is 2. The Balaban J connectivity index is 1.62. The number of benzene rings is 1. The second-order valence-corrected chi connectivity index (χ2v) is 7.07. The number of rotatable bonds is 7. The van der Waals surface area contributed by atoms with Crippen molar-refractivity contribution >= 4 is 11.9 Å². The zero-order valence-corrected chi connectivity index (χ0v) is 16.3. The fourth-order valence-corrected chi connectivity index (χ4v) is 3.54. The molecule has 1 saturated heterocycles. The van der Waals surface area contributed by atoms with Crippen LogP contribution in [-0.2, 0) is 17.4 Å². The zero-order chi connectivity index (χ0) is 19.6. The lowest BCUT2D eigenvalue weighted by Crippen LogP contribution is -2.43. The summed E-state index contributed by atoms with van der Waals surface area (Å²) in [4.78, 5) is 26.7. The van der Waals surface area contributed by atoms with Gasteiger partial charge in [-0.25, -0.2) is 4.79 Å². The Morgan fingerprint density at radius 2 is 1.89 bits per heavy atom. The van der Waals surface area contributed by atoms with Crippen LogP contribution in [0.5, 0.6) is 5.75 Å². The van der Waals surface area contributed by atoms with Crippen molar-refractivity contribution in [3.8, 4) is 5.75 Å². The number of hydrogen-bond acceptors (Lipinski definition) is 4. The molecule has 1 aliphatic rings. The second kappa shape index (κ2) is 7.42. The molecule has 1 fully saturated rings. The molecule has 1 aromatic heterocycles. The lowest BCUT2D eigenvalue weighted by Gasteiger charge is -2.23. The summed E-state index contributed by atoms with van der Waals surface area (Å²) in [5.41, 5.74) is 1.96. The third kappa shape index (κ3) is 3.67. The number of hydrogen-bond donors (Lipinski definition) is 1. The predicted molar refractivity (Wildman–Crippen MR) is 101 cm³/mol. The smallest absolute Gasteiger partial charge is 0.325 e. The van der Waals surface area contributed by atoms with Gasteiger partial charge in [-0.15, -0.1) is 0 Å². The van der Waals surface area contributed by atoms with E-state index in [0.29, 0.717) is 31.6 Å². The van der Waals surface area contributed by atoms with Gasteiger partial charge in [0.05, 0.1) is 12.8 Å². The number of nitrogens with one attached hydrogen (secondary N) is 1. The van der Waals surface area contributed by atoms with Crippen LogP contribution in [0.15, 0.2) is 30.6 Å². The first-order chi connectivity index (χ1) is 12.9. The molecule has 0 bridgehead atoms. The first-order valence-electron chi connectivity index (χ1n) is 9.20. The molecule has 7 nitrogen and oxygen atoms in total. The summed E-state index contributed by atoms with van der Waals surface area (Å²) in [6, 6.07) is 5.68. The minimum atomic E-state index is -1.03. The standard InChI is InChI=1S/C20H26N4O3/c1-5-20(16-12-21-23(4)13-16)18(25)24(19(26)22-20)7-6-8-27-17-10-14(2)9-15(3)11-17/h9-13H,5-8H2,1-4H3,(H,22,26)/t20-/m0/s1. The van der Waals surface area contributed by atoms with Gasteiger partial charge in [-0.3, -0.25) is 14.4 Å². The number of carbonyl (C=O) groups excluding carboxylic acids is 2. The van der Waals surface area contributed by atoms with Crippen LogP contribution in [0.25, 0.3) is 0 Å². The molecule has 1 atom stereocenters. The van der Waals surface area contributed by atoms with E-state index in [4.69, 9.17) is 4.74 Å². The highest BCUT2D eigenvalue weighted by Gasteiger charge is 2.51. The minimum Gasteiger partial charge on any atom is -0.494 e. The Bertz CT molecular complexity index is 840. The predicted octanol–water partition coefficient (Wildman–Crippen LogP) is 2.66. The monoisotopic (exact) mass is 370 g/mol. The average molecular weight is 370 g/mol. The maximum absolute atomic E-state index is 13.0. The van der Waals surface area contributed by atoms with Crippen LogP contribution in [0.2, 0.25) is 0 Å². The van der Waals surface area contributed by atoms with Crippen molar-refractivity contribution in [2.45, 2.75) is 39.2 Å². The molecular formula is C20H26N4O3. The van der Waals surface area contributed by atoms with Crippen molar-refractivity contribution in [1.29, 1.82) is 0 Å². The van der Waals surface area contributed by atoms with E-state index in [2.05, 4.69) is 16.5 Å². The number of ether oxygens (including phenoxy) is 1. The number of imide groups is 1. The van der Waals surface area contributed by atoms with E-state index in [9.17, 15) is 9.59 Å². The molecule has 3 rings (SSSR count). The Labute approximate surface area is 159 Å². The number of urea groups is 1. The van der Waals surface area contributed by atoms with E-state index < -0.39 is 5.54 Å². The van der Waals surface area contributed by atoms with Crippen LogP contribution in [0.3, 0.4) is 0 Å². The fraction of sp³-hybridized carbons (Fsp3) is 0.450. The van der Waals surface area contributed by atoms with Crippen molar-refractivity contribution in [3.05, 3.63) is 47.3 Å². The van der Waals surface area contributed by atoms with E-state index in [0.717, 1.165) is 16.9 Å². The first-order valence-corrected chi connectivity index (χ1v) is 9.20. The van der Waals surface area contributed by atoms with Gasteiger partial charge in [0, 0.05) is 25.4 Å². The van der Waals surface area contributed by atoms with Gasteiger partial charge in [-0.2, -0.15) is 5.10 Å². The van der Waals surface area contributed by atoms with Crippen LogP contribution < -0.4 is 10.1 Å². The van der Waals surface area contributed by atoms with Gasteiger partial charge < -0.3 is 10.1 Å². The van der Waals surface area contributed by atoms with Gasteiger partial charge in [-0.05, 0) is 49.9 Å². The minimum absolute atomic E-state index is 0.227. The van der Waals surface area contributed by atoms with Crippen molar-refractivity contribution in [2.75, 3.05) is 13.2 Å². The number of nitrogens with zero attached hydrogens (tertiary/aromatic N) is 3. The molecule has 2 heterocycles. The molecule has 3 amide bonds. The molecule has 0 unspecified atom stereocenters. The summed E-state index contributed by atoms with van der Waals surface area (Å²) in [6.45, 7) is 6.69. The molecule has 7 heteroatoms. The molecule has 0 radical (unpaired) electrons. The lowest BCUT2D eigenvalue weighted by molar-refractivity contribution is -0.131. The van der Waals surface area contributed by atoms with Crippen LogP contribution >= 0.6 is 0 Å². The highest BCUT2D eigenvalue weighted by molar-refractivity contribution is 6.07. The quantitative estimate of drug-likeness (QED) is 0.600. The van der Waals surface area contributed by atoms with Crippen molar-refractivity contribution in [1.82, 2.24) is 20.0 Å². The fourth-order valence-electron chi connectivity index (χ4n) is 3.54. The van der Waals surface area contributed by atoms with Gasteiger partial charge in [0.2, 0.25) is 0 Å². The number of aromatic nitrogens is 2. The molecule has 1 aromatic carbocycles. The topological polar surface area (TPSA) is 76.5 Å². The van der Waals surface area contributed by atoms with Gasteiger partial charge in [0.25, 0.3) is 5.91 Å². The van der Waals surface area contributed by atoms with Crippen LogP contribution in [0, 0.1) is 13.8 Å². The lowest BCUT2D eigenvalue weighted by atomic mass is 9.89. The highest BCUT2D eigenvalue weighted by atomic mass is 16.5. The van der Waals surface area contributed by atoms with Gasteiger partial charge in [-0.1, -0.05) is 13.0 Å². The Morgan fingerprint density at radius 3 is 2.48 bits per heavy atom. The third-order valence-electron chi connectivity index (χ3n) is 4.89. The van der Waals surface area contributed by atoms with Gasteiger partial charge in [0.1, 0.15) is 11.3 Å². The van der Waals surface area contributed by atoms with Crippen LogP contribution in [0.1, 0.15) is 36.5 Å². The maximum atomic E-state index is 13.0. The Morgan fingerprint density at radius 1 is 1.19 bits per heavy atom. The van der Waals surface area contributed by atoms with E-state index in [1.165, 1.54) is 4.90 Å². The van der Waals surface area contributed by atoms with Gasteiger partial charge >= 0.3 is 6.03 Å². The summed E-state index contributed by atoms with van der Waals surface area (Å²) in [7, 11) is 1.79. The zero-order valence-electron chi connectivity index (χ0n) is 16.3. The van der Waals surface area contributed by atoms with E-state index >= 15 is 0 Å². The summed E-state index contributed by atoms with van der Waals surface area (Å²) < 4.78 is 7.41. The summed E-state index contributed by atoms with van der Waals surface area (Å²) >= 11 is 0. The van der Waals surface area contributed by atoms with Gasteiger partial charge in [0.15, 0.2) is 0 Å². The number of aryl methyl sites for hydroxylation is 3. The third-order valence-corrected chi connectivity index (χ3v) is 4.89.